The maximum Gasteiger partial charge on any atom is 0.0633 e. The number of nitrogens with zero attached hydrogens (tertiary/aromatic N) is 1. The van der Waals surface area contributed by atoms with Gasteiger partial charge in [-0.2, -0.15) is 0 Å². The molecule has 0 aliphatic heterocycles. The van der Waals surface area contributed by atoms with Gasteiger partial charge in [-0.15, -0.1) is 0 Å². The normalized spacial score (nSPS) is 19.8. The molecule has 58 heavy (non-hydrogen) atoms. The molecule has 4 aromatic carbocycles. The number of fused-ring (bicyclic) bond motifs is 1. The standard InChI is InChI=1S/C57H53N/c1-39(2)56(49-21-10-7-11-22-49)41(4)37-55(58-42(5)43-18-8-6-9-19-43)48-35-31-45(32-36-48)51-25-15-24-50(38-51)44-29-33-47(34-30-44)53-27-14-17-40(3)57(53)54-28-16-23-46-20-12-13-26-52(46)54/h6,8-10,12-31,33-35,50,57H,1,3,5,7,11,32,36-38H2,2,4H3/b56-41-,58-55?. The molecule has 0 fully saturated rings. The van der Waals surface area contributed by atoms with Gasteiger partial charge in [-0.3, -0.25) is 4.99 Å². The molecule has 1 nitrogen and oxygen atoms in total. The second-order valence-electron chi connectivity index (χ2n) is 16.1. The molecule has 4 aromatic rings. The molecule has 2 atom stereocenters. The summed E-state index contributed by atoms with van der Waals surface area (Å²) in [6.07, 6.45) is 30.9. The number of aliphatic imine (C=N–C) groups is 1. The van der Waals surface area contributed by atoms with Gasteiger partial charge in [0, 0.05) is 24.0 Å². The highest BCUT2D eigenvalue weighted by Gasteiger charge is 2.25. The fraction of sp³-hybridized carbons (Fsp3) is 0.175. The summed E-state index contributed by atoms with van der Waals surface area (Å²) >= 11 is 0. The van der Waals surface area contributed by atoms with E-state index in [0.29, 0.717) is 5.92 Å². The van der Waals surface area contributed by atoms with Gasteiger partial charge in [0.05, 0.1) is 5.70 Å². The molecule has 0 radical (unpaired) electrons. The van der Waals surface area contributed by atoms with Crippen LogP contribution < -0.4 is 0 Å². The number of rotatable bonds is 11. The molecule has 2 unspecified atom stereocenters. The smallest absolute Gasteiger partial charge is 0.0633 e. The predicted octanol–water partition coefficient (Wildman–Crippen LogP) is 15.4. The Morgan fingerprint density at radius 2 is 1.53 bits per heavy atom. The Morgan fingerprint density at radius 3 is 2.29 bits per heavy atom. The zero-order valence-corrected chi connectivity index (χ0v) is 34.1. The molecule has 0 spiro atoms. The summed E-state index contributed by atoms with van der Waals surface area (Å²) in [6.45, 7) is 17.7. The van der Waals surface area contributed by atoms with E-state index in [4.69, 9.17) is 4.99 Å². The summed E-state index contributed by atoms with van der Waals surface area (Å²) in [4.78, 5) is 5.25. The third kappa shape index (κ3) is 8.36. The van der Waals surface area contributed by atoms with Crippen molar-refractivity contribution in [2.75, 3.05) is 0 Å². The summed E-state index contributed by atoms with van der Waals surface area (Å²) in [5.41, 5.74) is 18.3. The molecule has 4 aliphatic carbocycles. The number of allylic oxidation sites excluding steroid dienone is 20. The van der Waals surface area contributed by atoms with Crippen molar-refractivity contribution in [3.63, 3.8) is 0 Å². The van der Waals surface area contributed by atoms with Gasteiger partial charge in [-0.25, -0.2) is 0 Å². The van der Waals surface area contributed by atoms with Gasteiger partial charge in [-0.05, 0) is 118 Å². The fourth-order valence-corrected chi connectivity index (χ4v) is 9.09. The topological polar surface area (TPSA) is 12.4 Å². The van der Waals surface area contributed by atoms with Crippen LogP contribution in [0.15, 0.2) is 233 Å². The van der Waals surface area contributed by atoms with Gasteiger partial charge in [0.15, 0.2) is 0 Å². The summed E-state index contributed by atoms with van der Waals surface area (Å²) in [5, 5.41) is 2.55. The minimum Gasteiger partial charge on any atom is -0.253 e. The van der Waals surface area contributed by atoms with Crippen molar-refractivity contribution < 1.29 is 0 Å². The zero-order chi connectivity index (χ0) is 40.0. The molecule has 0 saturated heterocycles. The quantitative estimate of drug-likeness (QED) is 0.107. The maximum atomic E-state index is 5.25. The van der Waals surface area contributed by atoms with E-state index in [1.165, 1.54) is 66.5 Å². The molecule has 0 N–H and O–H groups in total. The van der Waals surface area contributed by atoms with Crippen molar-refractivity contribution >= 4 is 27.8 Å². The first-order chi connectivity index (χ1) is 28.3. The molecule has 1 heteroatoms. The third-order valence-corrected chi connectivity index (χ3v) is 12.0. The summed E-state index contributed by atoms with van der Waals surface area (Å²) in [7, 11) is 0. The van der Waals surface area contributed by atoms with Crippen LogP contribution in [0.5, 0.6) is 0 Å². The van der Waals surface area contributed by atoms with E-state index >= 15 is 0 Å². The Balaban J connectivity index is 1.02. The molecule has 0 bridgehead atoms. The largest absolute Gasteiger partial charge is 0.253 e. The van der Waals surface area contributed by atoms with Gasteiger partial charge < -0.3 is 0 Å². The molecule has 0 heterocycles. The highest BCUT2D eigenvalue weighted by atomic mass is 14.8. The van der Waals surface area contributed by atoms with Crippen LogP contribution in [0.4, 0.5) is 0 Å². The van der Waals surface area contributed by atoms with E-state index < -0.39 is 0 Å². The Morgan fingerprint density at radius 1 is 0.741 bits per heavy atom. The van der Waals surface area contributed by atoms with Crippen LogP contribution in [-0.2, 0) is 0 Å². The summed E-state index contributed by atoms with van der Waals surface area (Å²) in [5.74, 6) is 0.441. The number of hydrogen-bond donors (Lipinski definition) is 0. The summed E-state index contributed by atoms with van der Waals surface area (Å²) in [6, 6.07) is 34.9. The van der Waals surface area contributed by atoms with Crippen molar-refractivity contribution in [3.05, 3.63) is 250 Å². The number of benzene rings is 4. The number of hydrogen-bond acceptors (Lipinski definition) is 1. The molecule has 8 rings (SSSR count). The lowest BCUT2D eigenvalue weighted by molar-refractivity contribution is 0.797. The second kappa shape index (κ2) is 17.5. The van der Waals surface area contributed by atoms with Crippen molar-refractivity contribution in [2.45, 2.75) is 64.2 Å². The van der Waals surface area contributed by atoms with Gasteiger partial charge in [0.25, 0.3) is 0 Å². The lowest BCUT2D eigenvalue weighted by Gasteiger charge is -2.27. The van der Waals surface area contributed by atoms with Crippen LogP contribution in [0.1, 0.15) is 86.5 Å². The van der Waals surface area contributed by atoms with E-state index in [2.05, 4.69) is 191 Å². The monoisotopic (exact) mass is 751 g/mol. The Labute approximate surface area is 346 Å². The molecule has 0 aromatic heterocycles. The van der Waals surface area contributed by atoms with Gasteiger partial charge in [0.2, 0.25) is 0 Å². The molecular weight excluding hydrogens is 699 g/mol. The SMILES string of the molecule is C=C(C)/C(C1=CCCC=C1)=C(\C)CC(=NC(=C)c1ccccc1)C1=CC=C(C2=CC=CC(c3ccc(C4=CC=CC(=C)C4c4cccc5ccccc45)cc3)C2)CC1. The Hall–Kier alpha value is -6.31. The van der Waals surface area contributed by atoms with Crippen molar-refractivity contribution in [1.82, 2.24) is 0 Å². The second-order valence-corrected chi connectivity index (χ2v) is 16.1. The van der Waals surface area contributed by atoms with Crippen LogP contribution in [0, 0.1) is 0 Å². The van der Waals surface area contributed by atoms with Crippen molar-refractivity contribution in [3.8, 4) is 0 Å². The minimum atomic E-state index is 0.115. The van der Waals surface area contributed by atoms with Crippen LogP contribution >= 0.6 is 0 Å². The highest BCUT2D eigenvalue weighted by Crippen LogP contribution is 2.44. The van der Waals surface area contributed by atoms with Crippen molar-refractivity contribution in [1.29, 1.82) is 0 Å². The van der Waals surface area contributed by atoms with E-state index in [-0.39, 0.29) is 5.92 Å². The Kier molecular flexibility index (Phi) is 11.6. The van der Waals surface area contributed by atoms with Crippen LogP contribution in [0.2, 0.25) is 0 Å². The first-order valence-electron chi connectivity index (χ1n) is 20.8. The van der Waals surface area contributed by atoms with Gasteiger partial charge in [0.1, 0.15) is 0 Å². The molecule has 0 amide bonds. The van der Waals surface area contributed by atoms with E-state index in [1.807, 2.05) is 6.07 Å². The summed E-state index contributed by atoms with van der Waals surface area (Å²) < 4.78 is 0. The Bertz CT molecular complexity index is 2590. The van der Waals surface area contributed by atoms with Crippen LogP contribution in [0.25, 0.3) is 22.0 Å². The zero-order valence-electron chi connectivity index (χ0n) is 34.1. The predicted molar refractivity (Wildman–Crippen MR) is 251 cm³/mol. The lowest BCUT2D eigenvalue weighted by atomic mass is 9.77. The van der Waals surface area contributed by atoms with Crippen molar-refractivity contribution in [2.24, 2.45) is 4.99 Å². The van der Waals surface area contributed by atoms with Crippen LogP contribution in [0.3, 0.4) is 0 Å². The molecule has 0 saturated carbocycles. The van der Waals surface area contributed by atoms with Gasteiger partial charge in [-0.1, -0.05) is 195 Å². The molecule has 4 aliphatic rings. The van der Waals surface area contributed by atoms with E-state index in [9.17, 15) is 0 Å². The third-order valence-electron chi connectivity index (χ3n) is 12.0. The first-order valence-corrected chi connectivity index (χ1v) is 20.8. The lowest BCUT2D eigenvalue weighted by Crippen LogP contribution is -2.11. The van der Waals surface area contributed by atoms with Gasteiger partial charge >= 0.3 is 0 Å². The van der Waals surface area contributed by atoms with E-state index in [1.54, 1.807) is 0 Å². The highest BCUT2D eigenvalue weighted by molar-refractivity contribution is 6.05. The first kappa shape index (κ1) is 38.6. The fourth-order valence-electron chi connectivity index (χ4n) is 9.09. The van der Waals surface area contributed by atoms with E-state index in [0.717, 1.165) is 66.6 Å². The molecule has 286 valence electrons. The minimum absolute atomic E-state index is 0.115. The maximum absolute atomic E-state index is 5.25. The average molecular weight is 752 g/mol. The van der Waals surface area contributed by atoms with Crippen LogP contribution in [-0.4, -0.2) is 5.71 Å². The molecular formula is C57H53N. The average Bonchev–Trinajstić information content (AvgIpc) is 3.27.